The number of hydrogen-bond acceptors (Lipinski definition) is 5. The first-order valence-corrected chi connectivity index (χ1v) is 9.59. The molecular formula is C20H23N3O4. The van der Waals surface area contributed by atoms with E-state index in [0.717, 1.165) is 12.0 Å². The molecule has 7 heteroatoms. The predicted octanol–water partition coefficient (Wildman–Crippen LogP) is 0.265. The maximum Gasteiger partial charge on any atom is 0.230 e. The van der Waals surface area contributed by atoms with Crippen LogP contribution in [0.2, 0.25) is 0 Å². The van der Waals surface area contributed by atoms with Crippen LogP contribution in [0.4, 0.5) is 0 Å². The highest BCUT2D eigenvalue weighted by Crippen LogP contribution is 2.52. The zero-order chi connectivity index (χ0) is 18.4. The van der Waals surface area contributed by atoms with Crippen molar-refractivity contribution in [3.05, 3.63) is 42.2 Å². The minimum Gasteiger partial charge on any atom is -0.378 e. The van der Waals surface area contributed by atoms with Crippen molar-refractivity contribution in [2.24, 2.45) is 11.8 Å². The average molecular weight is 369 g/mol. The van der Waals surface area contributed by atoms with E-state index in [-0.39, 0.29) is 17.9 Å². The van der Waals surface area contributed by atoms with Crippen LogP contribution in [0.1, 0.15) is 5.56 Å². The number of morpholine rings is 1. The molecule has 0 saturated carbocycles. The molecule has 1 aromatic rings. The van der Waals surface area contributed by atoms with E-state index in [9.17, 15) is 9.59 Å². The molecule has 0 radical (unpaired) electrons. The number of carbonyl (C=O) groups excluding carboxylic acids is 2. The fourth-order valence-corrected chi connectivity index (χ4v) is 4.86. The summed E-state index contributed by atoms with van der Waals surface area (Å²) in [5, 5.41) is 0. The Labute approximate surface area is 157 Å². The zero-order valence-corrected chi connectivity index (χ0v) is 15.1. The van der Waals surface area contributed by atoms with Crippen molar-refractivity contribution in [3.8, 4) is 0 Å². The Morgan fingerprint density at radius 2 is 2.04 bits per heavy atom. The van der Waals surface area contributed by atoms with E-state index in [1.54, 1.807) is 12.4 Å². The number of hydrogen-bond donors (Lipinski definition) is 0. The molecule has 3 fully saturated rings. The lowest BCUT2D eigenvalue weighted by molar-refractivity contribution is -0.146. The number of carbonyl (C=O) groups is 2. The molecular weight excluding hydrogens is 346 g/mol. The largest absolute Gasteiger partial charge is 0.378 e. The van der Waals surface area contributed by atoms with Crippen molar-refractivity contribution in [2.75, 3.05) is 39.4 Å². The molecule has 4 aliphatic rings. The standard InChI is InChI=1S/C20H23N3O4/c24-18(22-9-11-26-12-10-22)16-15-1-5-20(27-15)13-23(19(25)17(16)20)8-4-14-2-6-21-7-3-14/h1-3,5-7,15-17H,4,8-13H2/t15-,16+,17+,20-/m0/s1. The van der Waals surface area contributed by atoms with Crippen LogP contribution in [0, 0.1) is 11.8 Å². The van der Waals surface area contributed by atoms with E-state index in [1.165, 1.54) is 0 Å². The van der Waals surface area contributed by atoms with Gasteiger partial charge in [-0.05, 0) is 24.1 Å². The number of amides is 2. The quantitative estimate of drug-likeness (QED) is 0.713. The van der Waals surface area contributed by atoms with Gasteiger partial charge in [-0.15, -0.1) is 0 Å². The van der Waals surface area contributed by atoms with Gasteiger partial charge in [0.15, 0.2) is 0 Å². The van der Waals surface area contributed by atoms with Crippen LogP contribution < -0.4 is 0 Å². The fourth-order valence-electron chi connectivity index (χ4n) is 4.86. The van der Waals surface area contributed by atoms with E-state index in [4.69, 9.17) is 9.47 Å². The molecule has 142 valence electrons. The van der Waals surface area contributed by atoms with Crippen LogP contribution in [0.15, 0.2) is 36.7 Å². The Morgan fingerprint density at radius 3 is 2.81 bits per heavy atom. The van der Waals surface area contributed by atoms with Crippen LogP contribution in [-0.2, 0) is 25.5 Å². The summed E-state index contributed by atoms with van der Waals surface area (Å²) in [6.45, 7) is 3.45. The van der Waals surface area contributed by atoms with Crippen molar-refractivity contribution in [1.82, 2.24) is 14.8 Å². The molecule has 4 atom stereocenters. The van der Waals surface area contributed by atoms with Crippen LogP contribution in [0.5, 0.6) is 0 Å². The van der Waals surface area contributed by atoms with Crippen LogP contribution >= 0.6 is 0 Å². The van der Waals surface area contributed by atoms with Gasteiger partial charge in [0.05, 0.1) is 37.7 Å². The van der Waals surface area contributed by atoms with Crippen molar-refractivity contribution in [1.29, 1.82) is 0 Å². The highest BCUT2D eigenvalue weighted by Gasteiger charge is 2.67. The first-order chi connectivity index (χ1) is 13.2. The van der Waals surface area contributed by atoms with Crippen LogP contribution in [0.3, 0.4) is 0 Å². The molecule has 27 heavy (non-hydrogen) atoms. The van der Waals surface area contributed by atoms with E-state index in [0.29, 0.717) is 39.4 Å². The maximum absolute atomic E-state index is 13.2. The average Bonchev–Trinajstić information content (AvgIpc) is 3.35. The third-order valence-corrected chi connectivity index (χ3v) is 6.21. The van der Waals surface area contributed by atoms with Crippen molar-refractivity contribution in [2.45, 2.75) is 18.1 Å². The third-order valence-electron chi connectivity index (χ3n) is 6.21. The van der Waals surface area contributed by atoms with Crippen molar-refractivity contribution < 1.29 is 19.1 Å². The molecule has 5 rings (SSSR count). The summed E-state index contributed by atoms with van der Waals surface area (Å²) in [6, 6.07) is 3.93. The Morgan fingerprint density at radius 1 is 1.26 bits per heavy atom. The Hall–Kier alpha value is -2.25. The Kier molecular flexibility index (Phi) is 4.02. The van der Waals surface area contributed by atoms with Crippen LogP contribution in [-0.4, -0.2) is 77.7 Å². The first kappa shape index (κ1) is 16.9. The summed E-state index contributed by atoms with van der Waals surface area (Å²) in [4.78, 5) is 34.0. The number of fused-ring (bicyclic) bond motifs is 1. The van der Waals surface area contributed by atoms with Crippen molar-refractivity contribution in [3.63, 3.8) is 0 Å². The molecule has 7 nitrogen and oxygen atoms in total. The number of pyridine rings is 1. The number of ether oxygens (including phenoxy) is 2. The predicted molar refractivity (Wildman–Crippen MR) is 95.6 cm³/mol. The smallest absolute Gasteiger partial charge is 0.230 e. The van der Waals surface area contributed by atoms with Gasteiger partial charge in [-0.2, -0.15) is 0 Å². The third kappa shape index (κ3) is 2.68. The van der Waals surface area contributed by atoms with E-state index < -0.39 is 17.4 Å². The molecule has 0 aliphatic carbocycles. The lowest BCUT2D eigenvalue weighted by Crippen LogP contribution is -2.49. The molecule has 1 aromatic heterocycles. The minimum absolute atomic E-state index is 0.0314. The minimum atomic E-state index is -0.632. The normalized spacial score (nSPS) is 34.4. The Balaban J connectivity index is 1.33. The molecule has 0 unspecified atom stereocenters. The number of rotatable bonds is 4. The summed E-state index contributed by atoms with van der Waals surface area (Å²) >= 11 is 0. The van der Waals surface area contributed by atoms with Gasteiger partial charge in [0.25, 0.3) is 0 Å². The van der Waals surface area contributed by atoms with Gasteiger partial charge < -0.3 is 19.3 Å². The molecule has 5 heterocycles. The van der Waals surface area contributed by atoms with Gasteiger partial charge in [0.1, 0.15) is 5.60 Å². The van der Waals surface area contributed by atoms with Gasteiger partial charge in [-0.25, -0.2) is 0 Å². The lowest BCUT2D eigenvalue weighted by Gasteiger charge is -2.32. The number of nitrogens with zero attached hydrogens (tertiary/aromatic N) is 3. The highest BCUT2D eigenvalue weighted by molar-refractivity contribution is 5.93. The highest BCUT2D eigenvalue weighted by atomic mass is 16.5. The fraction of sp³-hybridized carbons (Fsp3) is 0.550. The lowest BCUT2D eigenvalue weighted by atomic mass is 9.76. The molecule has 0 aromatic carbocycles. The molecule has 3 saturated heterocycles. The number of aromatic nitrogens is 1. The van der Waals surface area contributed by atoms with Gasteiger partial charge in [-0.3, -0.25) is 14.6 Å². The Bertz CT molecular complexity index is 777. The molecule has 4 aliphatic heterocycles. The molecule has 1 spiro atoms. The van der Waals surface area contributed by atoms with E-state index >= 15 is 0 Å². The van der Waals surface area contributed by atoms with Gasteiger partial charge in [0.2, 0.25) is 11.8 Å². The number of likely N-dealkylation sites (tertiary alicyclic amines) is 1. The van der Waals surface area contributed by atoms with E-state index in [1.807, 2.05) is 34.1 Å². The van der Waals surface area contributed by atoms with Gasteiger partial charge in [-0.1, -0.05) is 12.2 Å². The summed E-state index contributed by atoms with van der Waals surface area (Å²) in [6.07, 6.45) is 8.00. The summed E-state index contributed by atoms with van der Waals surface area (Å²) in [5.41, 5.74) is 0.515. The second-order valence-electron chi connectivity index (χ2n) is 7.70. The molecule has 0 N–H and O–H groups in total. The SMILES string of the molecule is O=C([C@@H]1[C@@H]2C=C[C@@]3(CN(CCc4ccncc4)C(=O)[C@@H]13)O2)N1CCOCC1. The molecule has 2 bridgehead atoms. The summed E-state index contributed by atoms with van der Waals surface area (Å²) in [5.74, 6) is -0.738. The van der Waals surface area contributed by atoms with Crippen LogP contribution in [0.25, 0.3) is 0 Å². The monoisotopic (exact) mass is 369 g/mol. The van der Waals surface area contributed by atoms with Gasteiger partial charge >= 0.3 is 0 Å². The summed E-state index contributed by atoms with van der Waals surface area (Å²) < 4.78 is 11.6. The second kappa shape index (κ2) is 6.42. The van der Waals surface area contributed by atoms with E-state index in [2.05, 4.69) is 4.98 Å². The van der Waals surface area contributed by atoms with Gasteiger partial charge in [0, 0.05) is 32.0 Å². The molecule has 2 amide bonds. The first-order valence-electron chi connectivity index (χ1n) is 9.59. The zero-order valence-electron chi connectivity index (χ0n) is 15.1. The second-order valence-corrected chi connectivity index (χ2v) is 7.70. The van der Waals surface area contributed by atoms with Crippen molar-refractivity contribution >= 4 is 11.8 Å². The maximum atomic E-state index is 13.2. The topological polar surface area (TPSA) is 72.0 Å². The summed E-state index contributed by atoms with van der Waals surface area (Å²) in [7, 11) is 0.